The van der Waals surface area contributed by atoms with Gasteiger partial charge in [0.05, 0.1) is 29.9 Å². The number of nitrogens with one attached hydrogen (secondary N) is 2. The summed E-state index contributed by atoms with van der Waals surface area (Å²) in [5.41, 5.74) is 4.17. The highest BCUT2D eigenvalue weighted by Crippen LogP contribution is 2.26. The monoisotopic (exact) mass is 816 g/mol. The highest BCUT2D eigenvalue weighted by Gasteiger charge is 2.27. The van der Waals surface area contributed by atoms with Crippen molar-refractivity contribution in [3.8, 4) is 0 Å². The first-order valence-electron chi connectivity index (χ1n) is 20.2. The standard InChI is InChI=1S/C23H27N5O2.C21H25N5O2S/c1-2-30-21(29)17-27-12-14-28(15-13-27)23-25-20-11-7-6-10-19(20)22(26-23)24-16-18-8-4-3-5-9-18;1-2-29(27,28)26-14-12-25(13-15-26)21-23-19-11-7-6-10-18(19)20(24-21)22-16-17-8-4-3-5-9-17/h3-11H,2,12-17H2,1H3,(H,24,25,26);3-11H,2,12-16H2,1H3,(H,22,23,24). The number of esters is 1. The van der Waals surface area contributed by atoms with Crippen molar-refractivity contribution in [3.05, 3.63) is 120 Å². The number of hydrogen-bond acceptors (Lipinski definition) is 13. The van der Waals surface area contributed by atoms with Gasteiger partial charge in [0.25, 0.3) is 0 Å². The third-order valence-electron chi connectivity index (χ3n) is 10.4. The Hall–Kier alpha value is -5.90. The zero-order chi connectivity index (χ0) is 41.0. The number of fused-ring (bicyclic) bond motifs is 2. The van der Waals surface area contributed by atoms with Crippen LogP contribution < -0.4 is 20.4 Å². The van der Waals surface area contributed by atoms with Crippen LogP contribution in [0.4, 0.5) is 23.5 Å². The lowest BCUT2D eigenvalue weighted by molar-refractivity contribution is -0.144. The molecule has 0 aliphatic carbocycles. The molecule has 0 bridgehead atoms. The summed E-state index contributed by atoms with van der Waals surface area (Å²) in [5, 5.41) is 8.91. The van der Waals surface area contributed by atoms with E-state index in [4.69, 9.17) is 24.7 Å². The molecule has 308 valence electrons. The summed E-state index contributed by atoms with van der Waals surface area (Å²) in [7, 11) is -3.16. The normalized spacial score (nSPS) is 15.1. The molecule has 0 amide bonds. The van der Waals surface area contributed by atoms with Crippen LogP contribution in [0, 0.1) is 0 Å². The minimum Gasteiger partial charge on any atom is -0.465 e. The van der Waals surface area contributed by atoms with E-state index in [9.17, 15) is 13.2 Å². The largest absolute Gasteiger partial charge is 0.465 e. The third-order valence-corrected chi connectivity index (χ3v) is 12.3. The Labute approximate surface area is 346 Å². The topological polar surface area (TPSA) is 149 Å². The van der Waals surface area contributed by atoms with Gasteiger partial charge < -0.3 is 25.2 Å². The number of carbonyl (C=O) groups excluding carboxylic acids is 1. The molecule has 2 N–H and O–H groups in total. The van der Waals surface area contributed by atoms with Crippen LogP contribution >= 0.6 is 0 Å². The van der Waals surface area contributed by atoms with E-state index in [1.165, 1.54) is 11.1 Å². The van der Waals surface area contributed by atoms with Crippen molar-refractivity contribution in [2.75, 3.05) is 91.7 Å². The zero-order valence-electron chi connectivity index (χ0n) is 33.7. The quantitative estimate of drug-likeness (QED) is 0.139. The van der Waals surface area contributed by atoms with Gasteiger partial charge in [0, 0.05) is 76.2 Å². The molecule has 0 unspecified atom stereocenters. The van der Waals surface area contributed by atoms with Crippen LogP contribution in [0.5, 0.6) is 0 Å². The van der Waals surface area contributed by atoms with Crippen LogP contribution in [-0.2, 0) is 32.6 Å². The molecule has 14 nitrogen and oxygen atoms in total. The fourth-order valence-electron chi connectivity index (χ4n) is 7.09. The second kappa shape index (κ2) is 19.7. The fourth-order valence-corrected chi connectivity index (χ4v) is 8.17. The van der Waals surface area contributed by atoms with Crippen LogP contribution in [0.3, 0.4) is 0 Å². The number of nitrogens with zero attached hydrogens (tertiary/aromatic N) is 8. The second-order valence-corrected chi connectivity index (χ2v) is 16.6. The Balaban J connectivity index is 0.000000179. The predicted molar refractivity (Wildman–Crippen MR) is 235 cm³/mol. The van der Waals surface area contributed by atoms with Crippen molar-refractivity contribution in [1.82, 2.24) is 29.1 Å². The number of hydrogen-bond donors (Lipinski definition) is 2. The van der Waals surface area contributed by atoms with Gasteiger partial charge in [-0.25, -0.2) is 18.4 Å². The first-order chi connectivity index (χ1) is 28.8. The Morgan fingerprint density at radius 1 is 0.593 bits per heavy atom. The molecule has 0 spiro atoms. The average molecular weight is 817 g/mol. The number of rotatable bonds is 13. The van der Waals surface area contributed by atoms with Crippen LogP contribution in [-0.4, -0.2) is 115 Å². The number of ether oxygens (including phenoxy) is 1. The maximum absolute atomic E-state index is 12.1. The lowest BCUT2D eigenvalue weighted by Gasteiger charge is -2.34. The molecule has 4 heterocycles. The highest BCUT2D eigenvalue weighted by molar-refractivity contribution is 7.89. The number of sulfonamides is 1. The Kier molecular flexibility index (Phi) is 13.8. The first-order valence-corrected chi connectivity index (χ1v) is 21.9. The van der Waals surface area contributed by atoms with Gasteiger partial charge in [-0.05, 0) is 49.2 Å². The molecule has 8 rings (SSSR count). The molecular weight excluding hydrogens is 765 g/mol. The van der Waals surface area contributed by atoms with Crippen molar-refractivity contribution < 1.29 is 17.9 Å². The van der Waals surface area contributed by atoms with E-state index in [1.54, 1.807) is 11.2 Å². The molecule has 0 saturated carbocycles. The molecule has 4 aromatic carbocycles. The zero-order valence-corrected chi connectivity index (χ0v) is 34.5. The molecule has 2 saturated heterocycles. The maximum atomic E-state index is 12.1. The van der Waals surface area contributed by atoms with Gasteiger partial charge in [-0.15, -0.1) is 0 Å². The number of piperazine rings is 2. The van der Waals surface area contributed by atoms with Gasteiger partial charge in [0.1, 0.15) is 11.6 Å². The fraction of sp³-hybridized carbons (Fsp3) is 0.341. The van der Waals surface area contributed by atoms with E-state index in [-0.39, 0.29) is 11.7 Å². The molecule has 6 aromatic rings. The van der Waals surface area contributed by atoms with Gasteiger partial charge in [0.15, 0.2) is 0 Å². The minimum atomic E-state index is -3.16. The van der Waals surface area contributed by atoms with Crippen molar-refractivity contribution >= 4 is 61.3 Å². The smallest absolute Gasteiger partial charge is 0.320 e. The molecule has 2 fully saturated rings. The molecule has 0 radical (unpaired) electrons. The predicted octanol–water partition coefficient (Wildman–Crippen LogP) is 5.64. The molecule has 0 atom stereocenters. The van der Waals surface area contributed by atoms with Crippen molar-refractivity contribution in [3.63, 3.8) is 0 Å². The molecule has 2 aromatic heterocycles. The number of anilines is 4. The summed E-state index contributed by atoms with van der Waals surface area (Å²) in [5.74, 6) is 2.95. The Morgan fingerprint density at radius 2 is 1.03 bits per heavy atom. The van der Waals surface area contributed by atoms with Crippen molar-refractivity contribution in [2.24, 2.45) is 0 Å². The molecule has 2 aliphatic heterocycles. The number of para-hydroxylation sites is 2. The second-order valence-electron chi connectivity index (χ2n) is 14.3. The van der Waals surface area contributed by atoms with E-state index >= 15 is 0 Å². The Bertz CT molecular complexity index is 2410. The summed E-state index contributed by atoms with van der Waals surface area (Å²) in [6.45, 7) is 10.8. The SMILES string of the molecule is CCOC(=O)CN1CCN(c2nc(NCc3ccccc3)c3ccccc3n2)CC1.CCS(=O)(=O)N1CCN(c2nc(NCc3ccccc3)c3ccccc3n2)CC1. The maximum Gasteiger partial charge on any atom is 0.320 e. The van der Waals surface area contributed by atoms with Crippen LogP contribution in [0.2, 0.25) is 0 Å². The lowest BCUT2D eigenvalue weighted by atomic mass is 10.2. The summed E-state index contributed by atoms with van der Waals surface area (Å²) in [6.07, 6.45) is 0. The Morgan fingerprint density at radius 3 is 1.49 bits per heavy atom. The minimum absolute atomic E-state index is 0.132. The molecule has 15 heteroatoms. The summed E-state index contributed by atoms with van der Waals surface area (Å²) in [6, 6.07) is 36.5. The van der Waals surface area contributed by atoms with Gasteiger partial charge in [-0.2, -0.15) is 14.3 Å². The van der Waals surface area contributed by atoms with E-state index < -0.39 is 10.0 Å². The molecule has 59 heavy (non-hydrogen) atoms. The number of aromatic nitrogens is 4. The van der Waals surface area contributed by atoms with Crippen LogP contribution in [0.15, 0.2) is 109 Å². The van der Waals surface area contributed by atoms with E-state index in [0.29, 0.717) is 58.4 Å². The highest BCUT2D eigenvalue weighted by atomic mass is 32.2. The molecular formula is C44H52N10O4S. The lowest BCUT2D eigenvalue weighted by Crippen LogP contribution is -2.49. The van der Waals surface area contributed by atoms with E-state index in [0.717, 1.165) is 65.6 Å². The number of carbonyl (C=O) groups is 1. The molecule has 2 aliphatic rings. The van der Waals surface area contributed by atoms with Crippen LogP contribution in [0.1, 0.15) is 25.0 Å². The van der Waals surface area contributed by atoms with Gasteiger partial charge in [0.2, 0.25) is 21.9 Å². The van der Waals surface area contributed by atoms with Gasteiger partial charge in [-0.1, -0.05) is 84.9 Å². The summed E-state index contributed by atoms with van der Waals surface area (Å²) < 4.78 is 30.8. The summed E-state index contributed by atoms with van der Waals surface area (Å²) in [4.78, 5) is 37.2. The van der Waals surface area contributed by atoms with Gasteiger partial charge >= 0.3 is 5.97 Å². The van der Waals surface area contributed by atoms with Crippen LogP contribution in [0.25, 0.3) is 21.8 Å². The number of benzene rings is 4. The first kappa shape index (κ1) is 41.3. The van der Waals surface area contributed by atoms with E-state index in [1.807, 2.05) is 91.9 Å². The van der Waals surface area contributed by atoms with Crippen molar-refractivity contribution in [1.29, 1.82) is 0 Å². The third kappa shape index (κ3) is 10.8. The van der Waals surface area contributed by atoms with Gasteiger partial charge in [-0.3, -0.25) is 9.69 Å². The average Bonchev–Trinajstić information content (AvgIpc) is 3.28. The van der Waals surface area contributed by atoms with Crippen molar-refractivity contribution in [2.45, 2.75) is 26.9 Å². The summed E-state index contributed by atoms with van der Waals surface area (Å²) >= 11 is 0. The van der Waals surface area contributed by atoms with E-state index in [2.05, 4.69) is 49.6 Å².